The van der Waals surface area contributed by atoms with E-state index in [2.05, 4.69) is 0 Å². The molecule has 0 aliphatic carbocycles. The molecule has 1 saturated heterocycles. The summed E-state index contributed by atoms with van der Waals surface area (Å²) in [5, 5.41) is 13.0. The first-order valence-corrected chi connectivity index (χ1v) is 10.7. The van der Waals surface area contributed by atoms with Gasteiger partial charge in [0, 0.05) is 30.3 Å². The van der Waals surface area contributed by atoms with Crippen molar-refractivity contribution in [2.75, 3.05) is 31.0 Å². The first kappa shape index (κ1) is 21.6. The Morgan fingerprint density at radius 2 is 1.84 bits per heavy atom. The SMILES string of the molecule is COc1ccc(F)cc1/C(O)=C1/C(=O)C(=O)N(c2ccc(N(C)C)cc2)C1c1cccs1. The number of carbonyl (C=O) groups excluding carboxylic acids is 2. The molecule has 0 saturated carbocycles. The molecule has 1 atom stereocenters. The molecular weight excluding hydrogens is 431 g/mol. The average molecular weight is 453 g/mol. The van der Waals surface area contributed by atoms with Crippen LogP contribution in [0.4, 0.5) is 15.8 Å². The molecule has 0 radical (unpaired) electrons. The van der Waals surface area contributed by atoms with E-state index in [-0.39, 0.29) is 16.9 Å². The molecule has 1 aliphatic rings. The fourth-order valence-electron chi connectivity index (χ4n) is 3.74. The van der Waals surface area contributed by atoms with E-state index in [1.807, 2.05) is 36.5 Å². The molecule has 164 valence electrons. The summed E-state index contributed by atoms with van der Waals surface area (Å²) in [5.41, 5.74) is 1.34. The van der Waals surface area contributed by atoms with Gasteiger partial charge in [0.05, 0.1) is 18.2 Å². The number of ketones is 1. The zero-order valence-corrected chi connectivity index (χ0v) is 18.5. The van der Waals surface area contributed by atoms with Gasteiger partial charge in [-0.3, -0.25) is 14.5 Å². The van der Waals surface area contributed by atoms with Gasteiger partial charge in [-0.05, 0) is 53.9 Å². The monoisotopic (exact) mass is 452 g/mol. The number of anilines is 2. The van der Waals surface area contributed by atoms with Gasteiger partial charge in [0.25, 0.3) is 11.7 Å². The summed E-state index contributed by atoms with van der Waals surface area (Å²) in [7, 11) is 5.18. The predicted octanol–water partition coefficient (Wildman–Crippen LogP) is 4.59. The lowest BCUT2D eigenvalue weighted by atomic mass is 9.99. The van der Waals surface area contributed by atoms with Crippen molar-refractivity contribution >= 4 is 40.2 Å². The van der Waals surface area contributed by atoms with Crippen LogP contribution in [-0.4, -0.2) is 38.0 Å². The Morgan fingerprint density at radius 1 is 1.12 bits per heavy atom. The maximum absolute atomic E-state index is 14.0. The summed E-state index contributed by atoms with van der Waals surface area (Å²) < 4.78 is 19.2. The van der Waals surface area contributed by atoms with Crippen LogP contribution in [0.1, 0.15) is 16.5 Å². The van der Waals surface area contributed by atoms with Crippen LogP contribution in [0.25, 0.3) is 5.76 Å². The fourth-order valence-corrected chi connectivity index (χ4v) is 4.56. The Kier molecular flexibility index (Phi) is 5.71. The number of carbonyl (C=O) groups is 2. The standard InChI is InChI=1S/C24H21FN2O4S/c1-26(2)15-7-9-16(10-8-15)27-21(19-5-4-12-32-19)20(23(29)24(27)30)22(28)17-13-14(25)6-11-18(17)31-3/h4-13,21,28H,1-3H3/b22-20-. The first-order chi connectivity index (χ1) is 15.3. The lowest BCUT2D eigenvalue weighted by molar-refractivity contribution is -0.132. The summed E-state index contributed by atoms with van der Waals surface area (Å²) in [5.74, 6) is -2.50. The normalized spacial score (nSPS) is 17.6. The Balaban J connectivity index is 1.91. The van der Waals surface area contributed by atoms with E-state index in [1.54, 1.807) is 24.3 Å². The molecule has 1 unspecified atom stereocenters. The maximum Gasteiger partial charge on any atom is 0.300 e. The minimum atomic E-state index is -0.854. The van der Waals surface area contributed by atoms with Gasteiger partial charge in [-0.1, -0.05) is 6.07 Å². The summed E-state index contributed by atoms with van der Waals surface area (Å²) in [6.45, 7) is 0. The molecule has 1 N–H and O–H groups in total. The van der Waals surface area contributed by atoms with E-state index in [0.717, 1.165) is 11.8 Å². The van der Waals surface area contributed by atoms with Gasteiger partial charge in [-0.25, -0.2) is 4.39 Å². The Morgan fingerprint density at radius 3 is 2.44 bits per heavy atom. The molecule has 1 amide bonds. The summed E-state index contributed by atoms with van der Waals surface area (Å²) in [4.78, 5) is 30.2. The number of aliphatic hydroxyl groups excluding tert-OH is 1. The highest BCUT2D eigenvalue weighted by Gasteiger charge is 2.47. The van der Waals surface area contributed by atoms with Crippen molar-refractivity contribution in [3.63, 3.8) is 0 Å². The molecule has 1 aromatic heterocycles. The van der Waals surface area contributed by atoms with E-state index in [4.69, 9.17) is 4.74 Å². The largest absolute Gasteiger partial charge is 0.507 e. The van der Waals surface area contributed by atoms with Gasteiger partial charge in [0.1, 0.15) is 23.4 Å². The van der Waals surface area contributed by atoms with Crippen LogP contribution in [0.5, 0.6) is 5.75 Å². The van der Waals surface area contributed by atoms with Crippen molar-refractivity contribution in [3.05, 3.63) is 81.8 Å². The van der Waals surface area contributed by atoms with Crippen LogP contribution in [0.15, 0.2) is 65.6 Å². The number of thiophene rings is 1. The highest BCUT2D eigenvalue weighted by Crippen LogP contribution is 2.44. The highest BCUT2D eigenvalue weighted by atomic mass is 32.1. The molecule has 2 heterocycles. The lowest BCUT2D eigenvalue weighted by Gasteiger charge is -2.25. The van der Waals surface area contributed by atoms with Crippen molar-refractivity contribution in [2.45, 2.75) is 6.04 Å². The topological polar surface area (TPSA) is 70.1 Å². The number of amides is 1. The van der Waals surface area contributed by atoms with Crippen molar-refractivity contribution < 1.29 is 23.8 Å². The minimum absolute atomic E-state index is 0.00927. The number of rotatable bonds is 5. The van der Waals surface area contributed by atoms with Gasteiger partial charge < -0.3 is 14.7 Å². The molecule has 32 heavy (non-hydrogen) atoms. The highest BCUT2D eigenvalue weighted by molar-refractivity contribution is 7.10. The van der Waals surface area contributed by atoms with Crippen LogP contribution in [-0.2, 0) is 9.59 Å². The third kappa shape index (κ3) is 3.62. The number of nitrogens with zero attached hydrogens (tertiary/aromatic N) is 2. The lowest BCUT2D eigenvalue weighted by Crippen LogP contribution is -2.29. The molecule has 2 aromatic carbocycles. The van der Waals surface area contributed by atoms with Crippen LogP contribution in [0.3, 0.4) is 0 Å². The number of hydrogen-bond donors (Lipinski definition) is 1. The third-order valence-electron chi connectivity index (χ3n) is 5.32. The molecule has 1 fully saturated rings. The average Bonchev–Trinajstić information content (AvgIpc) is 3.40. The van der Waals surface area contributed by atoms with E-state index in [1.165, 1.54) is 35.5 Å². The van der Waals surface area contributed by atoms with Crippen LogP contribution in [0.2, 0.25) is 0 Å². The van der Waals surface area contributed by atoms with Gasteiger partial charge >= 0.3 is 0 Å². The van der Waals surface area contributed by atoms with Crippen LogP contribution in [0, 0.1) is 5.82 Å². The molecular formula is C24H21FN2O4S. The molecule has 4 rings (SSSR count). The molecule has 6 nitrogen and oxygen atoms in total. The third-order valence-corrected chi connectivity index (χ3v) is 6.24. The van der Waals surface area contributed by atoms with E-state index >= 15 is 0 Å². The molecule has 3 aromatic rings. The molecule has 8 heteroatoms. The van der Waals surface area contributed by atoms with Crippen molar-refractivity contribution in [2.24, 2.45) is 0 Å². The number of benzene rings is 2. The Labute approximate surface area is 188 Å². The quantitative estimate of drug-likeness (QED) is 0.348. The van der Waals surface area contributed by atoms with Gasteiger partial charge in [-0.2, -0.15) is 0 Å². The van der Waals surface area contributed by atoms with Gasteiger partial charge in [-0.15, -0.1) is 11.3 Å². The number of methoxy groups -OCH3 is 1. The number of Topliss-reactive ketones (excluding diaryl/α,β-unsaturated/α-hetero) is 1. The Bertz CT molecular complexity index is 1200. The van der Waals surface area contributed by atoms with Gasteiger partial charge in [0.15, 0.2) is 0 Å². The maximum atomic E-state index is 14.0. The van der Waals surface area contributed by atoms with Crippen molar-refractivity contribution in [3.8, 4) is 5.75 Å². The number of hydrogen-bond acceptors (Lipinski definition) is 6. The summed E-state index contributed by atoms with van der Waals surface area (Å²) in [6.07, 6.45) is 0. The van der Waals surface area contributed by atoms with E-state index in [0.29, 0.717) is 10.6 Å². The van der Waals surface area contributed by atoms with Crippen LogP contribution < -0.4 is 14.5 Å². The van der Waals surface area contributed by atoms with Crippen molar-refractivity contribution in [1.29, 1.82) is 0 Å². The second-order valence-corrected chi connectivity index (χ2v) is 8.42. The summed E-state index contributed by atoms with van der Waals surface area (Å²) >= 11 is 1.36. The van der Waals surface area contributed by atoms with Gasteiger partial charge in [0.2, 0.25) is 0 Å². The Hall–Kier alpha value is -3.65. The van der Waals surface area contributed by atoms with E-state index < -0.39 is 29.3 Å². The molecule has 1 aliphatic heterocycles. The second kappa shape index (κ2) is 8.47. The first-order valence-electron chi connectivity index (χ1n) is 9.79. The smallest absolute Gasteiger partial charge is 0.300 e. The van der Waals surface area contributed by atoms with Crippen molar-refractivity contribution in [1.82, 2.24) is 0 Å². The zero-order valence-electron chi connectivity index (χ0n) is 17.7. The zero-order chi connectivity index (χ0) is 23.0. The van der Waals surface area contributed by atoms with E-state index in [9.17, 15) is 19.1 Å². The number of aliphatic hydroxyl groups is 1. The van der Waals surface area contributed by atoms with Crippen LogP contribution >= 0.6 is 11.3 Å². The number of ether oxygens (including phenoxy) is 1. The molecule has 0 bridgehead atoms. The number of halogens is 1. The summed E-state index contributed by atoms with van der Waals surface area (Å²) in [6, 6.07) is 13.6. The second-order valence-electron chi connectivity index (χ2n) is 7.44. The molecule has 0 spiro atoms. The predicted molar refractivity (Wildman–Crippen MR) is 123 cm³/mol. The minimum Gasteiger partial charge on any atom is -0.507 e. The fraction of sp³-hybridized carbons (Fsp3) is 0.167.